The van der Waals surface area contributed by atoms with Gasteiger partial charge in [-0.25, -0.2) is 0 Å². The predicted molar refractivity (Wildman–Crippen MR) is 68.6 cm³/mol. The molecule has 2 atom stereocenters. The van der Waals surface area contributed by atoms with Gasteiger partial charge in [0.1, 0.15) is 6.10 Å². The smallest absolute Gasteiger partial charge is 0.161 e. The summed E-state index contributed by atoms with van der Waals surface area (Å²) in [4.78, 5) is 0. The number of ether oxygens (including phenoxy) is 2. The average Bonchev–Trinajstić information content (AvgIpc) is 2.75. The number of nitrogens with two attached hydrogens (primary N) is 1. The third kappa shape index (κ3) is 2.72. The lowest BCUT2D eigenvalue weighted by Gasteiger charge is -2.19. The Labute approximate surface area is 103 Å². The molecule has 3 heteroatoms. The molecular formula is C14H21NO2. The molecule has 1 saturated carbocycles. The monoisotopic (exact) mass is 235 g/mol. The van der Waals surface area contributed by atoms with E-state index >= 15 is 0 Å². The van der Waals surface area contributed by atoms with E-state index < -0.39 is 0 Å². The molecule has 0 aliphatic heterocycles. The van der Waals surface area contributed by atoms with E-state index in [1.54, 1.807) is 7.11 Å². The molecule has 2 rings (SSSR count). The minimum atomic E-state index is 0.136. The summed E-state index contributed by atoms with van der Waals surface area (Å²) < 4.78 is 11.3. The number of methoxy groups -OCH3 is 1. The zero-order valence-corrected chi connectivity index (χ0v) is 10.6. The van der Waals surface area contributed by atoms with Crippen molar-refractivity contribution in [3.05, 3.63) is 23.8 Å². The molecular weight excluding hydrogens is 214 g/mol. The molecule has 3 nitrogen and oxygen atoms in total. The summed E-state index contributed by atoms with van der Waals surface area (Å²) in [5.41, 5.74) is 7.26. The minimum Gasteiger partial charge on any atom is -0.493 e. The summed E-state index contributed by atoms with van der Waals surface area (Å²) in [6.07, 6.45) is 4.39. The Morgan fingerprint density at radius 1 is 1.29 bits per heavy atom. The Hall–Kier alpha value is -1.22. The highest BCUT2D eigenvalue weighted by Crippen LogP contribution is 2.32. The van der Waals surface area contributed by atoms with Crippen molar-refractivity contribution in [1.82, 2.24) is 0 Å². The molecule has 2 unspecified atom stereocenters. The van der Waals surface area contributed by atoms with Gasteiger partial charge >= 0.3 is 0 Å². The maximum absolute atomic E-state index is 6.01. The van der Waals surface area contributed by atoms with Crippen molar-refractivity contribution >= 4 is 0 Å². The molecule has 0 radical (unpaired) electrons. The largest absolute Gasteiger partial charge is 0.493 e. The normalized spacial score (nSPS) is 23.7. The summed E-state index contributed by atoms with van der Waals surface area (Å²) in [7, 11) is 1.68. The van der Waals surface area contributed by atoms with Crippen molar-refractivity contribution in [2.75, 3.05) is 7.11 Å². The second-order valence-electron chi connectivity index (χ2n) is 4.59. The second kappa shape index (κ2) is 5.41. The lowest BCUT2D eigenvalue weighted by Crippen LogP contribution is -2.33. The van der Waals surface area contributed by atoms with Crippen molar-refractivity contribution in [2.45, 2.75) is 44.8 Å². The molecule has 17 heavy (non-hydrogen) atoms. The molecule has 0 heterocycles. The van der Waals surface area contributed by atoms with E-state index in [9.17, 15) is 0 Å². The molecule has 1 aliphatic rings. The summed E-state index contributed by atoms with van der Waals surface area (Å²) in [5, 5.41) is 0. The first-order chi connectivity index (χ1) is 8.24. The van der Waals surface area contributed by atoms with Crippen LogP contribution >= 0.6 is 0 Å². The number of hydrogen-bond acceptors (Lipinski definition) is 3. The summed E-state index contributed by atoms with van der Waals surface area (Å²) >= 11 is 0. The highest BCUT2D eigenvalue weighted by Gasteiger charge is 2.26. The van der Waals surface area contributed by atoms with Gasteiger partial charge in [0.05, 0.1) is 7.11 Å². The topological polar surface area (TPSA) is 44.5 Å². The SMILES string of the molecule is CCc1ccc(OC2CCCC2N)c(OC)c1. The van der Waals surface area contributed by atoms with Crippen LogP contribution in [-0.2, 0) is 6.42 Å². The molecule has 94 valence electrons. The molecule has 1 aliphatic carbocycles. The molecule has 0 bridgehead atoms. The first-order valence-corrected chi connectivity index (χ1v) is 6.33. The van der Waals surface area contributed by atoms with Crippen LogP contribution in [0.2, 0.25) is 0 Å². The highest BCUT2D eigenvalue weighted by atomic mass is 16.5. The lowest BCUT2D eigenvalue weighted by molar-refractivity contribution is 0.184. The quantitative estimate of drug-likeness (QED) is 0.872. The van der Waals surface area contributed by atoms with Gasteiger partial charge in [-0.15, -0.1) is 0 Å². The van der Waals surface area contributed by atoms with E-state index in [2.05, 4.69) is 13.0 Å². The average molecular weight is 235 g/mol. The molecule has 0 saturated heterocycles. The first kappa shape index (κ1) is 12.2. The fourth-order valence-electron chi connectivity index (χ4n) is 2.29. The fraction of sp³-hybridized carbons (Fsp3) is 0.571. The van der Waals surface area contributed by atoms with E-state index in [0.29, 0.717) is 0 Å². The Balaban J connectivity index is 2.14. The van der Waals surface area contributed by atoms with Crippen LogP contribution in [0.4, 0.5) is 0 Å². The Bertz CT molecular complexity index is 378. The van der Waals surface area contributed by atoms with Gasteiger partial charge in [-0.1, -0.05) is 13.0 Å². The molecule has 1 fully saturated rings. The first-order valence-electron chi connectivity index (χ1n) is 6.33. The molecule has 0 aromatic heterocycles. The maximum atomic E-state index is 6.01. The van der Waals surface area contributed by atoms with Gasteiger partial charge in [-0.05, 0) is 43.4 Å². The van der Waals surface area contributed by atoms with Crippen LogP contribution in [0, 0.1) is 0 Å². The van der Waals surface area contributed by atoms with Crippen LogP contribution in [0.25, 0.3) is 0 Å². The lowest BCUT2D eigenvalue weighted by atomic mass is 10.1. The summed E-state index contributed by atoms with van der Waals surface area (Å²) in [6, 6.07) is 6.27. The number of hydrogen-bond donors (Lipinski definition) is 1. The van der Waals surface area contributed by atoms with Gasteiger partial charge in [0.25, 0.3) is 0 Å². The van der Waals surface area contributed by atoms with Crippen LogP contribution in [-0.4, -0.2) is 19.3 Å². The third-order valence-electron chi connectivity index (χ3n) is 3.42. The van der Waals surface area contributed by atoms with Gasteiger partial charge in [-0.2, -0.15) is 0 Å². The number of benzene rings is 1. The van der Waals surface area contributed by atoms with Crippen LogP contribution in [0.1, 0.15) is 31.7 Å². The van der Waals surface area contributed by atoms with Gasteiger partial charge < -0.3 is 15.2 Å². The maximum Gasteiger partial charge on any atom is 0.161 e. The van der Waals surface area contributed by atoms with Crippen molar-refractivity contribution in [1.29, 1.82) is 0 Å². The van der Waals surface area contributed by atoms with Crippen molar-refractivity contribution in [3.63, 3.8) is 0 Å². The van der Waals surface area contributed by atoms with E-state index in [1.165, 1.54) is 5.56 Å². The zero-order valence-electron chi connectivity index (χ0n) is 10.6. The van der Waals surface area contributed by atoms with E-state index in [4.69, 9.17) is 15.2 Å². The van der Waals surface area contributed by atoms with Crippen molar-refractivity contribution in [3.8, 4) is 11.5 Å². The molecule has 0 amide bonds. The van der Waals surface area contributed by atoms with Gasteiger partial charge in [-0.3, -0.25) is 0 Å². The van der Waals surface area contributed by atoms with E-state index in [0.717, 1.165) is 37.2 Å². The van der Waals surface area contributed by atoms with Gasteiger partial charge in [0, 0.05) is 6.04 Å². The van der Waals surface area contributed by atoms with E-state index in [-0.39, 0.29) is 12.1 Å². The molecule has 1 aromatic carbocycles. The van der Waals surface area contributed by atoms with Gasteiger partial charge in [0.2, 0.25) is 0 Å². The van der Waals surface area contributed by atoms with Crippen LogP contribution < -0.4 is 15.2 Å². The Kier molecular flexibility index (Phi) is 3.89. The third-order valence-corrected chi connectivity index (χ3v) is 3.42. The van der Waals surface area contributed by atoms with Crippen molar-refractivity contribution in [2.24, 2.45) is 5.73 Å². The number of aryl methyl sites for hydroxylation is 1. The zero-order chi connectivity index (χ0) is 12.3. The second-order valence-corrected chi connectivity index (χ2v) is 4.59. The highest BCUT2D eigenvalue weighted by molar-refractivity contribution is 5.43. The van der Waals surface area contributed by atoms with Crippen LogP contribution in [0.3, 0.4) is 0 Å². The Morgan fingerprint density at radius 2 is 2.12 bits per heavy atom. The molecule has 1 aromatic rings. The molecule has 0 spiro atoms. The number of rotatable bonds is 4. The van der Waals surface area contributed by atoms with E-state index in [1.807, 2.05) is 12.1 Å². The van der Waals surface area contributed by atoms with Crippen molar-refractivity contribution < 1.29 is 9.47 Å². The molecule has 2 N–H and O–H groups in total. The summed E-state index contributed by atoms with van der Waals surface area (Å²) in [6.45, 7) is 2.13. The van der Waals surface area contributed by atoms with Gasteiger partial charge in [0.15, 0.2) is 11.5 Å². The minimum absolute atomic E-state index is 0.136. The Morgan fingerprint density at radius 3 is 2.71 bits per heavy atom. The van der Waals surface area contributed by atoms with Crippen LogP contribution in [0.5, 0.6) is 11.5 Å². The standard InChI is InChI=1S/C14H21NO2/c1-3-10-7-8-13(14(9-10)16-2)17-12-6-4-5-11(12)15/h7-9,11-12H,3-6,15H2,1-2H3. The van der Waals surface area contributed by atoms with Crippen LogP contribution in [0.15, 0.2) is 18.2 Å². The summed E-state index contributed by atoms with van der Waals surface area (Å²) in [5.74, 6) is 1.62. The predicted octanol–water partition coefficient (Wildman–Crippen LogP) is 2.52. The fourth-order valence-corrected chi connectivity index (χ4v) is 2.29.